The number of alkyl halides is 1. The summed E-state index contributed by atoms with van der Waals surface area (Å²) in [5.41, 5.74) is 0.739. The number of para-hydroxylation sites is 1. The van der Waals surface area contributed by atoms with Gasteiger partial charge in [0, 0.05) is 5.69 Å². The number of carbonyl (C=O) groups is 1. The van der Waals surface area contributed by atoms with Crippen molar-refractivity contribution < 1.29 is 9.53 Å². The van der Waals surface area contributed by atoms with Crippen LogP contribution in [-0.4, -0.2) is 10.2 Å². The fraction of sp³-hybridized carbons (Fsp3) is 0.188. The molecule has 0 unspecified atom stereocenters. The topological polar surface area (TPSA) is 38.3 Å². The Kier molecular flexibility index (Phi) is 4.45. The molecule has 0 saturated heterocycles. The molecule has 0 bridgehead atoms. The van der Waals surface area contributed by atoms with Gasteiger partial charge in [0.2, 0.25) is 5.91 Å². The maximum absolute atomic E-state index is 11.8. The molecule has 2 aromatic carbocycles. The zero-order chi connectivity index (χ0) is 14.6. The highest BCUT2D eigenvalue weighted by molar-refractivity contribution is 9.10. The number of rotatable bonds is 4. The van der Waals surface area contributed by atoms with E-state index in [2.05, 4.69) is 21.2 Å². The Morgan fingerprint density at radius 1 is 1.00 bits per heavy atom. The van der Waals surface area contributed by atoms with Crippen LogP contribution in [0.25, 0.3) is 0 Å². The van der Waals surface area contributed by atoms with Gasteiger partial charge in [-0.25, -0.2) is 0 Å². The summed E-state index contributed by atoms with van der Waals surface area (Å²) >= 11 is 3.32. The van der Waals surface area contributed by atoms with E-state index in [0.29, 0.717) is 0 Å². The molecule has 0 aliphatic rings. The zero-order valence-corrected chi connectivity index (χ0v) is 13.0. The molecule has 0 spiro atoms. The molecular formula is C16H16BrNO2. The lowest BCUT2D eigenvalue weighted by molar-refractivity contribution is -0.117. The van der Waals surface area contributed by atoms with Gasteiger partial charge < -0.3 is 10.1 Å². The molecule has 20 heavy (non-hydrogen) atoms. The van der Waals surface area contributed by atoms with E-state index in [1.54, 1.807) is 13.8 Å². The van der Waals surface area contributed by atoms with E-state index in [-0.39, 0.29) is 5.91 Å². The van der Waals surface area contributed by atoms with Gasteiger partial charge in [0.25, 0.3) is 0 Å². The summed E-state index contributed by atoms with van der Waals surface area (Å²) in [6.45, 7) is 3.60. The second kappa shape index (κ2) is 6.09. The van der Waals surface area contributed by atoms with E-state index in [1.807, 2.05) is 54.6 Å². The lowest BCUT2D eigenvalue weighted by Gasteiger charge is -2.16. The van der Waals surface area contributed by atoms with Gasteiger partial charge in [-0.1, -0.05) is 34.1 Å². The van der Waals surface area contributed by atoms with Crippen LogP contribution in [-0.2, 0) is 4.79 Å². The molecule has 104 valence electrons. The Morgan fingerprint density at radius 2 is 1.55 bits per heavy atom. The van der Waals surface area contributed by atoms with Gasteiger partial charge in [-0.05, 0) is 50.2 Å². The van der Waals surface area contributed by atoms with Crippen molar-refractivity contribution in [3.05, 3.63) is 54.6 Å². The van der Waals surface area contributed by atoms with E-state index in [0.717, 1.165) is 17.2 Å². The van der Waals surface area contributed by atoms with E-state index >= 15 is 0 Å². The van der Waals surface area contributed by atoms with Crippen LogP contribution in [0.4, 0.5) is 5.69 Å². The fourth-order valence-electron chi connectivity index (χ4n) is 1.51. The summed E-state index contributed by atoms with van der Waals surface area (Å²) in [5.74, 6) is 1.42. The third-order valence-corrected chi connectivity index (χ3v) is 2.99. The standard InChI is InChI=1S/C16H16BrNO2/c1-16(2,17)15(19)18-12-8-10-14(11-9-12)20-13-6-4-3-5-7-13/h3-11H,1-2H3,(H,18,19). The Bertz CT molecular complexity index is 574. The van der Waals surface area contributed by atoms with Gasteiger partial charge in [-0.2, -0.15) is 0 Å². The van der Waals surface area contributed by atoms with Crippen LogP contribution in [0, 0.1) is 0 Å². The van der Waals surface area contributed by atoms with Crippen molar-refractivity contribution in [3.8, 4) is 11.5 Å². The second-order valence-corrected chi connectivity index (χ2v) is 6.85. The molecule has 0 aliphatic carbocycles. The molecule has 0 aromatic heterocycles. The molecule has 2 aromatic rings. The predicted molar refractivity (Wildman–Crippen MR) is 84.6 cm³/mol. The zero-order valence-electron chi connectivity index (χ0n) is 11.4. The second-order valence-electron chi connectivity index (χ2n) is 4.87. The van der Waals surface area contributed by atoms with Gasteiger partial charge in [-0.3, -0.25) is 4.79 Å². The van der Waals surface area contributed by atoms with E-state index in [9.17, 15) is 4.79 Å². The van der Waals surface area contributed by atoms with Crippen LogP contribution in [0.1, 0.15) is 13.8 Å². The van der Waals surface area contributed by atoms with Crippen molar-refractivity contribution in [3.63, 3.8) is 0 Å². The van der Waals surface area contributed by atoms with E-state index < -0.39 is 4.32 Å². The molecule has 0 atom stereocenters. The summed E-state index contributed by atoms with van der Waals surface area (Å²) < 4.78 is 5.09. The van der Waals surface area contributed by atoms with Gasteiger partial charge >= 0.3 is 0 Å². The van der Waals surface area contributed by atoms with Gasteiger partial charge in [0.15, 0.2) is 0 Å². The first kappa shape index (κ1) is 14.6. The van der Waals surface area contributed by atoms with Crippen LogP contribution in [0.2, 0.25) is 0 Å². The molecule has 1 amide bonds. The highest BCUT2D eigenvalue weighted by Gasteiger charge is 2.23. The lowest BCUT2D eigenvalue weighted by atomic mass is 10.2. The molecule has 0 saturated carbocycles. The molecule has 2 rings (SSSR count). The first-order valence-electron chi connectivity index (χ1n) is 6.28. The quantitative estimate of drug-likeness (QED) is 0.831. The summed E-state index contributed by atoms with van der Waals surface area (Å²) in [6, 6.07) is 16.8. The minimum absolute atomic E-state index is 0.0887. The third-order valence-electron chi connectivity index (χ3n) is 2.63. The Morgan fingerprint density at radius 3 is 2.10 bits per heavy atom. The average Bonchev–Trinajstić information content (AvgIpc) is 2.41. The number of halogens is 1. The molecule has 4 heteroatoms. The average molecular weight is 334 g/mol. The third kappa shape index (κ3) is 4.10. The highest BCUT2D eigenvalue weighted by atomic mass is 79.9. The van der Waals surface area contributed by atoms with Crippen LogP contribution in [0.5, 0.6) is 11.5 Å². The Balaban J connectivity index is 2.02. The maximum Gasteiger partial charge on any atom is 0.240 e. The van der Waals surface area contributed by atoms with Crippen molar-refractivity contribution in [1.29, 1.82) is 0 Å². The monoisotopic (exact) mass is 333 g/mol. The molecule has 0 aliphatic heterocycles. The van der Waals surface area contributed by atoms with Crippen molar-refractivity contribution in [2.45, 2.75) is 18.2 Å². The largest absolute Gasteiger partial charge is 0.457 e. The summed E-state index contributed by atoms with van der Waals surface area (Å²) in [5, 5.41) is 2.83. The fourth-order valence-corrected chi connectivity index (χ4v) is 1.61. The van der Waals surface area contributed by atoms with Crippen LogP contribution in [0.15, 0.2) is 54.6 Å². The Labute approximate surface area is 127 Å². The van der Waals surface area contributed by atoms with Crippen LogP contribution >= 0.6 is 15.9 Å². The Hall–Kier alpha value is -1.81. The lowest BCUT2D eigenvalue weighted by Crippen LogP contribution is -2.30. The number of carbonyl (C=O) groups excluding carboxylic acids is 1. The number of anilines is 1. The van der Waals surface area contributed by atoms with E-state index in [1.165, 1.54) is 0 Å². The van der Waals surface area contributed by atoms with Gasteiger partial charge in [0.05, 0.1) is 4.32 Å². The first-order valence-corrected chi connectivity index (χ1v) is 7.08. The number of hydrogen-bond donors (Lipinski definition) is 1. The first-order chi connectivity index (χ1) is 9.45. The summed E-state index contributed by atoms with van der Waals surface area (Å²) in [4.78, 5) is 11.8. The maximum atomic E-state index is 11.8. The number of amides is 1. The molecular weight excluding hydrogens is 318 g/mol. The van der Waals surface area contributed by atoms with Crippen LogP contribution < -0.4 is 10.1 Å². The minimum atomic E-state index is -0.591. The molecule has 0 fully saturated rings. The SMILES string of the molecule is CC(C)(Br)C(=O)Nc1ccc(Oc2ccccc2)cc1. The normalized spacial score (nSPS) is 10.9. The van der Waals surface area contributed by atoms with Crippen LogP contribution in [0.3, 0.4) is 0 Å². The predicted octanol–water partition coefficient (Wildman–Crippen LogP) is 4.59. The number of ether oxygens (including phenoxy) is 1. The van der Waals surface area contributed by atoms with Crippen molar-refractivity contribution in [2.75, 3.05) is 5.32 Å². The van der Waals surface area contributed by atoms with Crippen molar-refractivity contribution >= 4 is 27.5 Å². The van der Waals surface area contributed by atoms with Gasteiger partial charge in [0.1, 0.15) is 11.5 Å². The number of benzene rings is 2. The number of hydrogen-bond acceptors (Lipinski definition) is 2. The number of nitrogens with one attached hydrogen (secondary N) is 1. The van der Waals surface area contributed by atoms with Gasteiger partial charge in [-0.15, -0.1) is 0 Å². The summed E-state index contributed by atoms with van der Waals surface area (Å²) in [6.07, 6.45) is 0. The van der Waals surface area contributed by atoms with Crippen molar-refractivity contribution in [2.24, 2.45) is 0 Å². The highest BCUT2D eigenvalue weighted by Crippen LogP contribution is 2.24. The summed E-state index contributed by atoms with van der Waals surface area (Å²) in [7, 11) is 0. The molecule has 0 radical (unpaired) electrons. The smallest absolute Gasteiger partial charge is 0.240 e. The van der Waals surface area contributed by atoms with E-state index in [4.69, 9.17) is 4.74 Å². The molecule has 3 nitrogen and oxygen atoms in total. The molecule has 1 N–H and O–H groups in total. The minimum Gasteiger partial charge on any atom is -0.457 e. The van der Waals surface area contributed by atoms with Crippen molar-refractivity contribution in [1.82, 2.24) is 0 Å². The molecule has 0 heterocycles.